The highest BCUT2D eigenvalue weighted by molar-refractivity contribution is 5.94. The van der Waals surface area contributed by atoms with Gasteiger partial charge in [-0.05, 0) is 31.5 Å². The second kappa shape index (κ2) is 6.91. The van der Waals surface area contributed by atoms with Crippen LogP contribution >= 0.6 is 0 Å². The molecule has 0 radical (unpaired) electrons. The third kappa shape index (κ3) is 3.03. The van der Waals surface area contributed by atoms with Crippen LogP contribution in [-0.2, 0) is 16.1 Å². The average molecular weight is 328 g/mol. The first-order valence-corrected chi connectivity index (χ1v) is 8.89. The second-order valence-corrected chi connectivity index (χ2v) is 6.51. The number of hydrogen-bond acceptors (Lipinski definition) is 4. The topological polar surface area (TPSA) is 50.6 Å². The lowest BCUT2D eigenvalue weighted by atomic mass is 10.2. The van der Waals surface area contributed by atoms with Gasteiger partial charge in [-0.25, -0.2) is 4.98 Å². The fourth-order valence-electron chi connectivity index (χ4n) is 3.60. The zero-order valence-corrected chi connectivity index (χ0v) is 14.0. The molecule has 0 N–H and O–H groups in total. The summed E-state index contributed by atoms with van der Waals surface area (Å²) < 4.78 is 7.51. The number of hydrogen-bond donors (Lipinski definition) is 0. The van der Waals surface area contributed by atoms with E-state index < -0.39 is 0 Å². The number of rotatable bonds is 5. The van der Waals surface area contributed by atoms with Gasteiger partial charge in [0, 0.05) is 32.6 Å². The number of nitrogens with zero attached hydrogens (tertiary/aromatic N) is 4. The van der Waals surface area contributed by atoms with Gasteiger partial charge in [-0.2, -0.15) is 0 Å². The molecule has 2 aromatic rings. The Labute approximate surface area is 142 Å². The molecule has 1 amide bonds. The minimum Gasteiger partial charge on any atom is -0.379 e. The Morgan fingerprint density at radius 1 is 1.08 bits per heavy atom. The molecule has 0 spiro atoms. The highest BCUT2D eigenvalue weighted by Gasteiger charge is 2.27. The lowest BCUT2D eigenvalue weighted by molar-refractivity contribution is -0.118. The van der Waals surface area contributed by atoms with Crippen molar-refractivity contribution in [3.05, 3.63) is 24.3 Å². The lowest BCUT2D eigenvalue weighted by Crippen LogP contribution is -2.37. The second-order valence-electron chi connectivity index (χ2n) is 6.51. The molecule has 0 atom stereocenters. The molecule has 1 saturated heterocycles. The predicted octanol–water partition coefficient (Wildman–Crippen LogP) is 1.89. The number of ether oxygens (including phenoxy) is 1. The first-order valence-electron chi connectivity index (χ1n) is 8.89. The van der Waals surface area contributed by atoms with E-state index in [2.05, 4.69) is 20.5 Å². The highest BCUT2D eigenvalue weighted by Crippen LogP contribution is 2.27. The van der Waals surface area contributed by atoms with Crippen molar-refractivity contribution in [3.63, 3.8) is 0 Å². The van der Waals surface area contributed by atoms with Crippen LogP contribution in [0.1, 0.15) is 19.3 Å². The minimum atomic E-state index is 0.200. The summed E-state index contributed by atoms with van der Waals surface area (Å²) >= 11 is 0. The zero-order valence-electron chi connectivity index (χ0n) is 14.0. The number of fused-ring (bicyclic) bond motifs is 3. The van der Waals surface area contributed by atoms with Crippen molar-refractivity contribution < 1.29 is 9.53 Å². The van der Waals surface area contributed by atoms with Crippen LogP contribution in [0.15, 0.2) is 24.3 Å². The van der Waals surface area contributed by atoms with E-state index in [1.54, 1.807) is 0 Å². The molecule has 0 saturated carbocycles. The number of morpholine rings is 1. The van der Waals surface area contributed by atoms with Crippen molar-refractivity contribution >= 4 is 22.9 Å². The molecule has 24 heavy (non-hydrogen) atoms. The van der Waals surface area contributed by atoms with Gasteiger partial charge in [0.25, 0.3) is 0 Å². The summed E-state index contributed by atoms with van der Waals surface area (Å²) in [6.45, 7) is 6.36. The van der Waals surface area contributed by atoms with E-state index in [-0.39, 0.29) is 5.91 Å². The Morgan fingerprint density at radius 2 is 1.92 bits per heavy atom. The third-order valence-electron chi connectivity index (χ3n) is 4.94. The summed E-state index contributed by atoms with van der Waals surface area (Å²) in [7, 11) is 0. The van der Waals surface area contributed by atoms with Crippen LogP contribution in [0.3, 0.4) is 0 Å². The Balaban J connectivity index is 1.31. The summed E-state index contributed by atoms with van der Waals surface area (Å²) in [5.41, 5.74) is 2.09. The maximum absolute atomic E-state index is 12.6. The summed E-state index contributed by atoms with van der Waals surface area (Å²) in [6.07, 6.45) is 2.61. The van der Waals surface area contributed by atoms with Crippen LogP contribution < -0.4 is 4.90 Å². The molecule has 2 aliphatic rings. The lowest BCUT2D eigenvalue weighted by Gasteiger charge is -2.26. The summed E-state index contributed by atoms with van der Waals surface area (Å²) in [5.74, 6) is 1.01. The van der Waals surface area contributed by atoms with Gasteiger partial charge >= 0.3 is 0 Å². The number of unbranched alkanes of at least 4 members (excludes halogenated alkanes) is 1. The van der Waals surface area contributed by atoms with Gasteiger partial charge in [-0.15, -0.1) is 0 Å². The smallest absolute Gasteiger partial charge is 0.229 e. The average Bonchev–Trinajstić information content (AvgIpc) is 3.18. The number of carbonyl (C=O) groups excluding carboxylic acids is 1. The Hall–Kier alpha value is -1.92. The molecular formula is C18H24N4O2. The Morgan fingerprint density at radius 3 is 2.79 bits per heavy atom. The van der Waals surface area contributed by atoms with Gasteiger partial charge in [-0.1, -0.05) is 12.1 Å². The van der Waals surface area contributed by atoms with E-state index in [1.807, 2.05) is 23.1 Å². The standard InChI is InChI=1S/C18H24N4O2/c23-17(7-3-4-8-20-11-13-24-14-12-20)22-10-9-21-16-6-2-1-5-15(16)19-18(21)22/h1-2,5-6H,3-4,7-14H2. The molecular weight excluding hydrogens is 304 g/mol. The molecule has 0 bridgehead atoms. The Kier molecular flexibility index (Phi) is 4.49. The molecule has 6 nitrogen and oxygen atoms in total. The van der Waals surface area contributed by atoms with Gasteiger partial charge in [0.05, 0.1) is 24.2 Å². The van der Waals surface area contributed by atoms with E-state index >= 15 is 0 Å². The van der Waals surface area contributed by atoms with E-state index in [9.17, 15) is 4.79 Å². The van der Waals surface area contributed by atoms with Crippen molar-refractivity contribution in [1.82, 2.24) is 14.5 Å². The normalized spacial score (nSPS) is 18.2. The molecule has 2 aliphatic heterocycles. The molecule has 1 aromatic carbocycles. The van der Waals surface area contributed by atoms with Crippen molar-refractivity contribution in [2.75, 3.05) is 44.3 Å². The maximum Gasteiger partial charge on any atom is 0.229 e. The van der Waals surface area contributed by atoms with Gasteiger partial charge < -0.3 is 9.30 Å². The number of benzene rings is 1. The van der Waals surface area contributed by atoms with Crippen LogP contribution in [0.5, 0.6) is 0 Å². The fraction of sp³-hybridized carbons (Fsp3) is 0.556. The van der Waals surface area contributed by atoms with Gasteiger partial charge in [0.1, 0.15) is 0 Å². The number of carbonyl (C=O) groups is 1. The predicted molar refractivity (Wildman–Crippen MR) is 93.2 cm³/mol. The van der Waals surface area contributed by atoms with Crippen molar-refractivity contribution in [3.8, 4) is 0 Å². The quantitative estimate of drug-likeness (QED) is 0.787. The maximum atomic E-state index is 12.6. The monoisotopic (exact) mass is 328 g/mol. The zero-order chi connectivity index (χ0) is 16.4. The first kappa shape index (κ1) is 15.6. The largest absolute Gasteiger partial charge is 0.379 e. The van der Waals surface area contributed by atoms with Crippen molar-refractivity contribution in [2.24, 2.45) is 0 Å². The third-order valence-corrected chi connectivity index (χ3v) is 4.94. The minimum absolute atomic E-state index is 0.200. The number of para-hydroxylation sites is 2. The fourth-order valence-corrected chi connectivity index (χ4v) is 3.60. The molecule has 128 valence electrons. The number of amides is 1. The highest BCUT2D eigenvalue weighted by atomic mass is 16.5. The van der Waals surface area contributed by atoms with Gasteiger partial charge in [0.2, 0.25) is 11.9 Å². The number of aromatic nitrogens is 2. The van der Waals surface area contributed by atoms with Crippen molar-refractivity contribution in [2.45, 2.75) is 25.8 Å². The summed E-state index contributed by atoms with van der Waals surface area (Å²) in [5, 5.41) is 0. The summed E-state index contributed by atoms with van der Waals surface area (Å²) in [4.78, 5) is 21.5. The van der Waals surface area contributed by atoms with E-state index in [0.717, 1.165) is 75.8 Å². The number of imidazole rings is 1. The number of anilines is 1. The van der Waals surface area contributed by atoms with E-state index in [1.165, 1.54) is 0 Å². The molecule has 1 fully saturated rings. The van der Waals surface area contributed by atoms with Gasteiger partial charge in [-0.3, -0.25) is 14.6 Å². The van der Waals surface area contributed by atoms with Crippen LogP contribution in [0.4, 0.5) is 5.95 Å². The van der Waals surface area contributed by atoms with Crippen molar-refractivity contribution in [1.29, 1.82) is 0 Å². The first-order chi connectivity index (χ1) is 11.8. The SMILES string of the molecule is O=C(CCCCN1CCOCC1)N1CCn2c1nc1ccccc12. The van der Waals surface area contributed by atoms with Crippen LogP contribution in [0.25, 0.3) is 11.0 Å². The van der Waals surface area contributed by atoms with E-state index in [4.69, 9.17) is 4.74 Å². The van der Waals surface area contributed by atoms with Crippen LogP contribution in [0, 0.1) is 0 Å². The molecule has 1 aromatic heterocycles. The molecule has 0 aliphatic carbocycles. The molecule has 4 rings (SSSR count). The molecule has 3 heterocycles. The molecule has 0 unspecified atom stereocenters. The van der Waals surface area contributed by atoms with Crippen LogP contribution in [-0.4, -0.2) is 59.8 Å². The summed E-state index contributed by atoms with van der Waals surface area (Å²) in [6, 6.07) is 8.09. The van der Waals surface area contributed by atoms with E-state index in [0.29, 0.717) is 6.42 Å². The Bertz CT molecular complexity index is 721. The van der Waals surface area contributed by atoms with Crippen LogP contribution in [0.2, 0.25) is 0 Å². The van der Waals surface area contributed by atoms with Gasteiger partial charge in [0.15, 0.2) is 0 Å². The molecule has 6 heteroatoms.